The van der Waals surface area contributed by atoms with Crippen molar-refractivity contribution in [2.24, 2.45) is 0 Å². The number of benzene rings is 1. The maximum atomic E-state index is 15.7. The number of ether oxygens (including phenoxy) is 1. The van der Waals surface area contributed by atoms with Crippen LogP contribution in [0.4, 0.5) is 14.5 Å². The highest BCUT2D eigenvalue weighted by molar-refractivity contribution is 7.12. The molecule has 3 aliphatic heterocycles. The molecule has 0 radical (unpaired) electrons. The van der Waals surface area contributed by atoms with Gasteiger partial charge in [0.2, 0.25) is 5.67 Å². The summed E-state index contributed by atoms with van der Waals surface area (Å²) < 4.78 is 36.8. The lowest BCUT2D eigenvalue weighted by Crippen LogP contribution is -2.47. The normalized spacial score (nSPS) is 28.2. The number of alkyl halides is 2. The number of anilines is 1. The van der Waals surface area contributed by atoms with Gasteiger partial charge in [0.1, 0.15) is 0 Å². The summed E-state index contributed by atoms with van der Waals surface area (Å²) in [5.74, 6) is -1.37. The van der Waals surface area contributed by atoms with Gasteiger partial charge >= 0.3 is 0 Å². The number of hydrogen-bond donors (Lipinski definition) is 0. The fourth-order valence-corrected chi connectivity index (χ4v) is 5.50. The second-order valence-electron chi connectivity index (χ2n) is 8.09. The smallest absolute Gasteiger partial charge is 0.270 e. The van der Waals surface area contributed by atoms with Crippen LogP contribution in [-0.2, 0) is 22.7 Å². The Morgan fingerprint density at radius 3 is 2.55 bits per heavy atom. The molecule has 152 valence electrons. The van der Waals surface area contributed by atoms with E-state index in [1.54, 1.807) is 24.3 Å². The molecule has 0 bridgehead atoms. The lowest BCUT2D eigenvalue weighted by atomic mass is 9.93. The van der Waals surface area contributed by atoms with E-state index in [9.17, 15) is 9.59 Å². The summed E-state index contributed by atoms with van der Waals surface area (Å²) in [4.78, 5) is 29.9. The number of aryl methyl sites for hydroxylation is 2. The minimum atomic E-state index is -2.73. The Balaban J connectivity index is 1.41. The lowest BCUT2D eigenvalue weighted by Gasteiger charge is -2.22. The maximum absolute atomic E-state index is 15.7. The number of nitrogens with zero attached hydrogens (tertiary/aromatic N) is 2. The molecule has 4 heterocycles. The number of rotatable bonds is 2. The van der Waals surface area contributed by atoms with Crippen LogP contribution < -0.4 is 4.90 Å². The SMILES string of the molecule is Cc1cc(N2C[C@@]3(F)CN(C(=O)c4ccc5c(c4)COC5)C[C@@]3(F)C2=O)c(C)s1. The maximum Gasteiger partial charge on any atom is 0.270 e. The molecule has 3 aliphatic rings. The van der Waals surface area contributed by atoms with Gasteiger partial charge in [-0.2, -0.15) is 0 Å². The summed E-state index contributed by atoms with van der Waals surface area (Å²) in [5.41, 5.74) is -2.33. The van der Waals surface area contributed by atoms with Crippen LogP contribution in [0.3, 0.4) is 0 Å². The quantitative estimate of drug-likeness (QED) is 0.752. The first-order chi connectivity index (χ1) is 13.7. The number of fused-ring (bicyclic) bond motifs is 2. The Morgan fingerprint density at radius 2 is 1.86 bits per heavy atom. The van der Waals surface area contributed by atoms with Crippen molar-refractivity contribution < 1.29 is 23.1 Å². The number of thiophene rings is 1. The number of likely N-dealkylation sites (tertiary alicyclic amines) is 1. The van der Waals surface area contributed by atoms with Crippen LogP contribution >= 0.6 is 11.3 Å². The summed E-state index contributed by atoms with van der Waals surface area (Å²) in [6, 6.07) is 6.93. The van der Waals surface area contributed by atoms with Crippen molar-refractivity contribution in [3.8, 4) is 0 Å². The molecule has 2 fully saturated rings. The van der Waals surface area contributed by atoms with E-state index >= 15 is 8.78 Å². The molecule has 2 amide bonds. The van der Waals surface area contributed by atoms with E-state index in [2.05, 4.69) is 0 Å². The monoisotopic (exact) mass is 418 g/mol. The van der Waals surface area contributed by atoms with Gasteiger partial charge < -0.3 is 14.5 Å². The summed E-state index contributed by atoms with van der Waals surface area (Å²) in [5, 5.41) is 0. The van der Waals surface area contributed by atoms with Gasteiger partial charge in [-0.1, -0.05) is 6.07 Å². The fourth-order valence-electron chi connectivity index (χ4n) is 4.57. The van der Waals surface area contributed by atoms with Gasteiger partial charge in [0.15, 0.2) is 5.67 Å². The standard InChI is InChI=1S/C21H20F2N2O3S/c1-12-5-17(13(2)29-12)25-10-20(22)9-24(11-21(20,23)19(25)27)18(26)14-3-4-15-7-28-8-16(15)6-14/h3-6H,7-11H2,1-2H3/t20-,21+/m0/s1. The van der Waals surface area contributed by atoms with E-state index in [0.29, 0.717) is 24.5 Å². The van der Waals surface area contributed by atoms with Gasteiger partial charge in [-0.3, -0.25) is 9.59 Å². The molecule has 0 spiro atoms. The van der Waals surface area contributed by atoms with E-state index in [1.807, 2.05) is 13.8 Å². The number of amides is 2. The second-order valence-corrected chi connectivity index (χ2v) is 9.55. The molecular weight excluding hydrogens is 398 g/mol. The second kappa shape index (κ2) is 6.09. The molecule has 5 rings (SSSR count). The van der Waals surface area contributed by atoms with Crippen molar-refractivity contribution in [1.82, 2.24) is 4.90 Å². The first-order valence-electron chi connectivity index (χ1n) is 9.47. The first kappa shape index (κ1) is 18.7. The van der Waals surface area contributed by atoms with Crippen molar-refractivity contribution in [3.63, 3.8) is 0 Å². The average molecular weight is 418 g/mol. The van der Waals surface area contributed by atoms with Gasteiger partial charge in [-0.15, -0.1) is 11.3 Å². The molecule has 0 unspecified atom stereocenters. The summed E-state index contributed by atoms with van der Waals surface area (Å²) in [6.45, 7) is 3.23. The molecule has 5 nitrogen and oxygen atoms in total. The predicted octanol–water partition coefficient (Wildman–Crippen LogP) is 3.31. The van der Waals surface area contributed by atoms with Crippen LogP contribution in [0.25, 0.3) is 0 Å². The number of carbonyl (C=O) groups is 2. The predicted molar refractivity (Wildman–Crippen MR) is 105 cm³/mol. The summed E-state index contributed by atoms with van der Waals surface area (Å²) >= 11 is 1.48. The summed E-state index contributed by atoms with van der Waals surface area (Å²) in [7, 11) is 0. The van der Waals surface area contributed by atoms with Crippen LogP contribution in [-0.4, -0.2) is 47.7 Å². The van der Waals surface area contributed by atoms with Crippen molar-refractivity contribution >= 4 is 28.8 Å². The molecule has 2 saturated heterocycles. The minimum Gasteiger partial charge on any atom is -0.372 e. The number of carbonyl (C=O) groups excluding carboxylic acids is 2. The van der Waals surface area contributed by atoms with Gasteiger partial charge in [0, 0.05) is 15.3 Å². The highest BCUT2D eigenvalue weighted by Gasteiger charge is 2.72. The third-order valence-electron chi connectivity index (χ3n) is 6.11. The highest BCUT2D eigenvalue weighted by atomic mass is 32.1. The molecule has 29 heavy (non-hydrogen) atoms. The third-order valence-corrected chi connectivity index (χ3v) is 7.07. The Kier molecular flexibility index (Phi) is 3.93. The largest absolute Gasteiger partial charge is 0.372 e. The molecule has 2 aromatic rings. The zero-order chi connectivity index (χ0) is 20.6. The Bertz CT molecular complexity index is 1050. The topological polar surface area (TPSA) is 49.9 Å². The fraction of sp³-hybridized carbons (Fsp3) is 0.429. The molecule has 2 atom stereocenters. The van der Waals surface area contributed by atoms with Crippen molar-refractivity contribution in [1.29, 1.82) is 0 Å². The Morgan fingerprint density at radius 1 is 1.10 bits per heavy atom. The first-order valence-corrected chi connectivity index (χ1v) is 10.3. The molecule has 8 heteroatoms. The third kappa shape index (κ3) is 2.58. The molecule has 0 aliphatic carbocycles. The van der Waals surface area contributed by atoms with Gasteiger partial charge in [-0.25, -0.2) is 8.78 Å². The van der Waals surface area contributed by atoms with E-state index < -0.39 is 36.2 Å². The van der Waals surface area contributed by atoms with Crippen LogP contribution in [0.15, 0.2) is 24.3 Å². The van der Waals surface area contributed by atoms with Crippen LogP contribution in [0, 0.1) is 13.8 Å². The minimum absolute atomic E-state index is 0.357. The number of hydrogen-bond acceptors (Lipinski definition) is 4. The van der Waals surface area contributed by atoms with Gasteiger partial charge in [-0.05, 0) is 43.2 Å². The van der Waals surface area contributed by atoms with Crippen LogP contribution in [0.1, 0.15) is 31.2 Å². The average Bonchev–Trinajstić information content (AvgIpc) is 3.38. The lowest BCUT2D eigenvalue weighted by molar-refractivity contribution is -0.130. The Labute approximate surface area is 170 Å². The molecule has 0 N–H and O–H groups in total. The van der Waals surface area contributed by atoms with E-state index in [-0.39, 0.29) is 6.54 Å². The van der Waals surface area contributed by atoms with E-state index in [1.165, 1.54) is 16.2 Å². The highest BCUT2D eigenvalue weighted by Crippen LogP contribution is 2.48. The van der Waals surface area contributed by atoms with Gasteiger partial charge in [0.25, 0.3) is 11.8 Å². The van der Waals surface area contributed by atoms with E-state index in [4.69, 9.17) is 4.74 Å². The zero-order valence-electron chi connectivity index (χ0n) is 16.1. The zero-order valence-corrected chi connectivity index (χ0v) is 16.9. The van der Waals surface area contributed by atoms with Crippen LogP contribution in [0.2, 0.25) is 0 Å². The van der Waals surface area contributed by atoms with Crippen LogP contribution in [0.5, 0.6) is 0 Å². The van der Waals surface area contributed by atoms with Crippen molar-refractivity contribution in [2.75, 3.05) is 24.5 Å². The molecule has 0 saturated carbocycles. The molecule has 1 aromatic heterocycles. The van der Waals surface area contributed by atoms with Gasteiger partial charge in [0.05, 0.1) is 38.5 Å². The van der Waals surface area contributed by atoms with Crippen molar-refractivity contribution in [3.05, 3.63) is 50.7 Å². The molecule has 1 aromatic carbocycles. The Hall–Kier alpha value is -2.32. The summed E-state index contributed by atoms with van der Waals surface area (Å²) in [6.07, 6.45) is 0. The molecular formula is C21H20F2N2O3S. The van der Waals surface area contributed by atoms with E-state index in [0.717, 1.165) is 25.8 Å². The van der Waals surface area contributed by atoms with Crippen molar-refractivity contribution in [2.45, 2.75) is 38.4 Å². The number of halogens is 2.